The normalized spacial score (nSPS) is 12.1. The van der Waals surface area contributed by atoms with Crippen molar-refractivity contribution in [3.63, 3.8) is 0 Å². The zero-order valence-corrected chi connectivity index (χ0v) is 8.63. The third-order valence-electron chi connectivity index (χ3n) is 1.82. The fourth-order valence-electron chi connectivity index (χ4n) is 1.12. The lowest BCUT2D eigenvalue weighted by molar-refractivity contribution is 0.429. The van der Waals surface area contributed by atoms with Gasteiger partial charge in [-0.05, 0) is 6.42 Å². The highest BCUT2D eigenvalue weighted by molar-refractivity contribution is 5.08. The Morgan fingerprint density at radius 1 is 1.38 bits per heavy atom. The molecule has 1 rings (SSSR count). The van der Waals surface area contributed by atoms with Crippen LogP contribution in [-0.2, 0) is 12.0 Å². The summed E-state index contributed by atoms with van der Waals surface area (Å²) in [6.07, 6.45) is 0.865. The van der Waals surface area contributed by atoms with Crippen LogP contribution in [0.2, 0.25) is 0 Å². The quantitative estimate of drug-likeness (QED) is 0.706. The van der Waals surface area contributed by atoms with Gasteiger partial charge in [0.05, 0.1) is 0 Å². The molecule has 0 amide bonds. The van der Waals surface area contributed by atoms with E-state index in [4.69, 9.17) is 0 Å². The summed E-state index contributed by atoms with van der Waals surface area (Å²) in [5.41, 5.74) is 0.178. The second-order valence-corrected chi connectivity index (χ2v) is 4.20. The molecule has 3 nitrogen and oxygen atoms in total. The highest BCUT2D eigenvalue weighted by Crippen LogP contribution is 2.22. The minimum Gasteiger partial charge on any atom is -0.219 e. The van der Waals surface area contributed by atoms with Crippen LogP contribution < -0.4 is 0 Å². The fraction of sp³-hybridized carbons (Fsp3) is 0.778. The van der Waals surface area contributed by atoms with Gasteiger partial charge in [0.25, 0.3) is 0 Å². The van der Waals surface area contributed by atoms with Crippen LogP contribution in [0.15, 0.2) is 0 Å². The van der Waals surface area contributed by atoms with Crippen molar-refractivity contribution < 1.29 is 4.39 Å². The van der Waals surface area contributed by atoms with Crippen molar-refractivity contribution in [3.8, 4) is 0 Å². The number of aromatic nitrogens is 3. The number of hydrogen-bond acceptors (Lipinski definition) is 2. The van der Waals surface area contributed by atoms with Crippen molar-refractivity contribution in [2.75, 3.05) is 0 Å². The molecule has 74 valence electrons. The Balaban J connectivity index is 2.99. The molecule has 0 N–H and O–H groups in total. The predicted molar refractivity (Wildman–Crippen MR) is 49.0 cm³/mol. The molecule has 0 bridgehead atoms. The molecule has 0 fully saturated rings. The molecule has 0 spiro atoms. The summed E-state index contributed by atoms with van der Waals surface area (Å²) in [5, 5.41) is 7.61. The number of nitrogens with zero attached hydrogens (tertiary/aromatic N) is 3. The first-order valence-electron chi connectivity index (χ1n) is 4.56. The van der Waals surface area contributed by atoms with E-state index < -0.39 is 0 Å². The molecule has 0 radical (unpaired) electrons. The maximum absolute atomic E-state index is 13.6. The smallest absolute Gasteiger partial charge is 0.219 e. The SMILES string of the molecule is CCCn1nnc(C(C)(C)C)c1F. The van der Waals surface area contributed by atoms with Gasteiger partial charge < -0.3 is 0 Å². The molecule has 0 aliphatic heterocycles. The Labute approximate surface area is 77.9 Å². The summed E-state index contributed by atoms with van der Waals surface area (Å²) in [4.78, 5) is 0. The van der Waals surface area contributed by atoms with E-state index in [1.807, 2.05) is 27.7 Å². The van der Waals surface area contributed by atoms with Gasteiger partial charge in [-0.15, -0.1) is 5.10 Å². The van der Waals surface area contributed by atoms with Crippen molar-refractivity contribution in [1.82, 2.24) is 15.0 Å². The van der Waals surface area contributed by atoms with Gasteiger partial charge >= 0.3 is 0 Å². The molecular formula is C9H16FN3. The van der Waals surface area contributed by atoms with Gasteiger partial charge in [0.2, 0.25) is 5.95 Å². The third kappa shape index (κ3) is 2.05. The highest BCUT2D eigenvalue weighted by Gasteiger charge is 2.24. The molecule has 0 unspecified atom stereocenters. The van der Waals surface area contributed by atoms with Gasteiger partial charge in [0.15, 0.2) is 0 Å². The zero-order chi connectivity index (χ0) is 10.1. The largest absolute Gasteiger partial charge is 0.235 e. The maximum atomic E-state index is 13.6. The van der Waals surface area contributed by atoms with E-state index in [1.165, 1.54) is 4.68 Å². The Hall–Kier alpha value is -0.930. The standard InChI is InChI=1S/C9H16FN3/c1-5-6-13-8(10)7(11-12-13)9(2,3)4/h5-6H2,1-4H3. The average molecular weight is 185 g/mol. The van der Waals surface area contributed by atoms with E-state index in [1.54, 1.807) is 0 Å². The molecule has 13 heavy (non-hydrogen) atoms. The molecule has 1 aromatic heterocycles. The van der Waals surface area contributed by atoms with Gasteiger partial charge in [-0.25, -0.2) is 4.68 Å². The molecule has 0 aliphatic carbocycles. The molecule has 0 aromatic carbocycles. The van der Waals surface area contributed by atoms with Crippen molar-refractivity contribution in [1.29, 1.82) is 0 Å². The van der Waals surface area contributed by atoms with E-state index in [0.717, 1.165) is 6.42 Å². The second kappa shape index (κ2) is 3.44. The van der Waals surface area contributed by atoms with Gasteiger partial charge in [-0.1, -0.05) is 32.9 Å². The van der Waals surface area contributed by atoms with E-state index in [2.05, 4.69) is 10.3 Å². The molecule has 1 aromatic rings. The number of halogens is 1. The molecule has 0 aliphatic rings. The van der Waals surface area contributed by atoms with Gasteiger partial charge in [-0.2, -0.15) is 4.39 Å². The molecule has 1 heterocycles. The molecule has 0 atom stereocenters. The first-order valence-corrected chi connectivity index (χ1v) is 4.56. The zero-order valence-electron chi connectivity index (χ0n) is 8.63. The van der Waals surface area contributed by atoms with E-state index in [0.29, 0.717) is 12.2 Å². The van der Waals surface area contributed by atoms with Crippen molar-refractivity contribution >= 4 is 0 Å². The third-order valence-corrected chi connectivity index (χ3v) is 1.82. The predicted octanol–water partition coefficient (Wildman–Crippen LogP) is 2.12. The lowest BCUT2D eigenvalue weighted by Crippen LogP contribution is -2.14. The van der Waals surface area contributed by atoms with Crippen LogP contribution in [0.3, 0.4) is 0 Å². The van der Waals surface area contributed by atoms with Gasteiger partial charge in [0.1, 0.15) is 5.69 Å². The molecule has 4 heteroatoms. The first kappa shape index (κ1) is 10.2. The average Bonchev–Trinajstić information content (AvgIpc) is 2.32. The summed E-state index contributed by atoms with van der Waals surface area (Å²) in [6.45, 7) is 8.36. The van der Waals surface area contributed by atoms with E-state index >= 15 is 0 Å². The van der Waals surface area contributed by atoms with Crippen molar-refractivity contribution in [2.24, 2.45) is 0 Å². The van der Waals surface area contributed by atoms with Gasteiger partial charge in [-0.3, -0.25) is 0 Å². The molecular weight excluding hydrogens is 169 g/mol. The molecule has 0 saturated heterocycles. The van der Waals surface area contributed by atoms with Crippen LogP contribution in [0.4, 0.5) is 4.39 Å². The van der Waals surface area contributed by atoms with Crippen molar-refractivity contribution in [2.45, 2.75) is 46.1 Å². The lowest BCUT2D eigenvalue weighted by Gasteiger charge is -2.13. The van der Waals surface area contributed by atoms with Crippen LogP contribution in [0.1, 0.15) is 39.8 Å². The lowest BCUT2D eigenvalue weighted by atomic mass is 9.93. The Bertz CT molecular complexity index is 286. The summed E-state index contributed by atoms with van der Waals surface area (Å²) < 4.78 is 14.9. The Morgan fingerprint density at radius 3 is 2.38 bits per heavy atom. The Kier molecular flexibility index (Phi) is 2.68. The van der Waals surface area contributed by atoms with Crippen LogP contribution in [0.25, 0.3) is 0 Å². The molecule has 0 saturated carbocycles. The topological polar surface area (TPSA) is 30.7 Å². The summed E-state index contributed by atoms with van der Waals surface area (Å²) >= 11 is 0. The van der Waals surface area contributed by atoms with Gasteiger partial charge in [0, 0.05) is 12.0 Å². The minimum absolute atomic E-state index is 0.268. The van der Waals surface area contributed by atoms with E-state index in [9.17, 15) is 4.39 Å². The summed E-state index contributed by atoms with van der Waals surface area (Å²) in [7, 11) is 0. The highest BCUT2D eigenvalue weighted by atomic mass is 19.1. The Morgan fingerprint density at radius 2 is 2.00 bits per heavy atom. The number of rotatable bonds is 2. The van der Waals surface area contributed by atoms with Crippen LogP contribution >= 0.6 is 0 Å². The second-order valence-electron chi connectivity index (χ2n) is 4.20. The summed E-state index contributed by atoms with van der Waals surface area (Å²) in [6, 6.07) is 0. The van der Waals surface area contributed by atoms with Crippen LogP contribution in [-0.4, -0.2) is 15.0 Å². The van der Waals surface area contributed by atoms with Crippen molar-refractivity contribution in [3.05, 3.63) is 11.6 Å². The van der Waals surface area contributed by atoms with Crippen LogP contribution in [0, 0.1) is 5.95 Å². The minimum atomic E-state index is -0.297. The monoisotopic (exact) mass is 185 g/mol. The number of hydrogen-bond donors (Lipinski definition) is 0. The first-order chi connectivity index (χ1) is 5.96. The maximum Gasteiger partial charge on any atom is 0.235 e. The fourth-order valence-corrected chi connectivity index (χ4v) is 1.12. The number of aryl methyl sites for hydroxylation is 1. The van der Waals surface area contributed by atoms with Crippen LogP contribution in [0.5, 0.6) is 0 Å². The van der Waals surface area contributed by atoms with E-state index in [-0.39, 0.29) is 11.4 Å². The summed E-state index contributed by atoms with van der Waals surface area (Å²) in [5.74, 6) is -0.297.